The maximum Gasteiger partial charge on any atom is 0 e. The predicted molar refractivity (Wildman–Crippen MR) is 0 cm³/mol. The summed E-state index contributed by atoms with van der Waals surface area (Å²) in [6, 6.07) is 0. The van der Waals surface area contributed by atoms with Gasteiger partial charge in [-0.15, -0.1) is 0 Å². The molecule has 0 N–H and O–H groups in total. The smallest absolute Gasteiger partial charge is 0 e. The van der Waals surface area contributed by atoms with Crippen molar-refractivity contribution in [3.63, 3.8) is 0 Å². The Kier molecular flexibility index (Phi) is 225. The molecule has 0 aromatic rings. The summed E-state index contributed by atoms with van der Waals surface area (Å²) in [5.74, 6) is 0. The molecule has 5 heteroatoms. The molecule has 0 aliphatic heterocycles. The van der Waals surface area contributed by atoms with Gasteiger partial charge in [0, 0.05) is 99.7 Å². The van der Waals surface area contributed by atoms with Gasteiger partial charge in [0.05, 0.1) is 0 Å². The van der Waals surface area contributed by atoms with E-state index in [1.807, 2.05) is 0 Å². The summed E-state index contributed by atoms with van der Waals surface area (Å²) in [5, 5.41) is 0. The normalized spacial score (nSPS) is 0. The van der Waals surface area contributed by atoms with E-state index in [1.54, 1.807) is 0 Å². The Morgan fingerprint density at radius 2 is 1.00 bits per heavy atom. The van der Waals surface area contributed by atoms with Gasteiger partial charge in [-0.05, 0) is 0 Å². The van der Waals surface area contributed by atoms with E-state index in [4.69, 9.17) is 0 Å². The number of rotatable bonds is 0. The quantitative estimate of drug-likeness (QED) is 0.496. The van der Waals surface area contributed by atoms with E-state index in [1.165, 1.54) is 0 Å². The summed E-state index contributed by atoms with van der Waals surface area (Å²) in [6.07, 6.45) is 0. The SMILES string of the molecule is [Ag].[Cr].[Mo].[Nb].[Ni]. The molecule has 0 spiro atoms. The number of hydrogen-bond donors (Lipinski definition) is 0. The Morgan fingerprint density at radius 1 is 1.00 bits per heavy atom. The third-order valence-electron chi connectivity index (χ3n) is 0. The van der Waals surface area contributed by atoms with Crippen LogP contribution in [0, 0.1) is 0 Å². The fourth-order valence-electron chi connectivity index (χ4n) is 0. The van der Waals surface area contributed by atoms with Crippen LogP contribution in [0.1, 0.15) is 0 Å². The summed E-state index contributed by atoms with van der Waals surface area (Å²) < 4.78 is 0. The van der Waals surface area contributed by atoms with Crippen LogP contribution in [0.15, 0.2) is 0 Å². The first-order valence-electron chi connectivity index (χ1n) is 0. The minimum absolute atomic E-state index is 0. The van der Waals surface area contributed by atoms with Gasteiger partial charge in [0.1, 0.15) is 0 Å². The molecule has 0 bridgehead atoms. The monoisotopic (exact) mass is 408 g/mol. The average molecular weight is 407 g/mol. The zero-order valence-electron chi connectivity index (χ0n) is 1.88. The Bertz CT molecular complexity index is 11.6. The summed E-state index contributed by atoms with van der Waals surface area (Å²) in [6.45, 7) is 0. The fourth-order valence-corrected chi connectivity index (χ4v) is 0. The minimum Gasteiger partial charge on any atom is 0 e. The van der Waals surface area contributed by atoms with Crippen molar-refractivity contribution in [3.8, 4) is 0 Å². The van der Waals surface area contributed by atoms with Gasteiger partial charge in [-0.25, -0.2) is 0 Å². The van der Waals surface area contributed by atoms with Gasteiger partial charge in [-0.2, -0.15) is 0 Å². The Balaban J connectivity index is 0. The molecule has 2 radical (unpaired) electrons. The van der Waals surface area contributed by atoms with Gasteiger partial charge in [0.15, 0.2) is 0 Å². The van der Waals surface area contributed by atoms with Gasteiger partial charge < -0.3 is 0 Å². The Labute approximate surface area is 97.9 Å². The molecule has 0 rings (SSSR count). The largest absolute Gasteiger partial charge is 0 e. The van der Waals surface area contributed by atoms with E-state index in [2.05, 4.69) is 0 Å². The molecule has 0 saturated heterocycles. The molecule has 0 amide bonds. The molecule has 0 nitrogen and oxygen atoms in total. The second kappa shape index (κ2) is 27.1. The van der Waals surface area contributed by atoms with Crippen LogP contribution in [0.25, 0.3) is 0 Å². The van der Waals surface area contributed by atoms with Crippen LogP contribution in [0.3, 0.4) is 0 Å². The minimum atomic E-state index is 0. The van der Waals surface area contributed by atoms with E-state index >= 15 is 0 Å². The van der Waals surface area contributed by atoms with Crippen molar-refractivity contribution in [3.05, 3.63) is 0 Å². The zero-order chi connectivity index (χ0) is 0. The van der Waals surface area contributed by atoms with E-state index in [-0.39, 0.29) is 99.7 Å². The molecule has 0 unspecified atom stereocenters. The summed E-state index contributed by atoms with van der Waals surface area (Å²) in [4.78, 5) is 0. The van der Waals surface area contributed by atoms with Crippen LogP contribution in [0.2, 0.25) is 0 Å². The maximum absolute atomic E-state index is 0. The predicted octanol–water partition coefficient (Wildman–Crippen LogP) is -0.0125. The molecule has 0 aromatic carbocycles. The molecule has 0 aromatic heterocycles. The standard InChI is InChI=1S/Ag.Cr.Mo.Nb.Ni. The first-order chi connectivity index (χ1) is 0. The van der Waals surface area contributed by atoms with Gasteiger partial charge in [-0.1, -0.05) is 0 Å². The second-order valence-electron chi connectivity index (χ2n) is 0. The molecule has 0 saturated carbocycles. The summed E-state index contributed by atoms with van der Waals surface area (Å²) in [5.41, 5.74) is 0. The molecular weight excluding hydrogens is 407 g/mol. The topological polar surface area (TPSA) is 0 Å². The molecular formula is AgCrMoNbNi. The first-order valence-corrected chi connectivity index (χ1v) is 0. The molecule has 0 aliphatic carbocycles. The molecule has 0 aliphatic rings. The van der Waals surface area contributed by atoms with E-state index in [0.717, 1.165) is 0 Å². The van der Waals surface area contributed by atoms with Crippen molar-refractivity contribution in [2.75, 3.05) is 0 Å². The van der Waals surface area contributed by atoms with Crippen LogP contribution in [0.4, 0.5) is 0 Å². The van der Waals surface area contributed by atoms with Gasteiger partial charge in [0.25, 0.3) is 0 Å². The van der Waals surface area contributed by atoms with E-state index < -0.39 is 0 Å². The number of hydrogen-bond acceptors (Lipinski definition) is 0. The zero-order valence-corrected chi connectivity index (χ0v) is 9.83. The van der Waals surface area contributed by atoms with Crippen LogP contribution in [-0.2, 0) is 99.7 Å². The van der Waals surface area contributed by atoms with Crippen LogP contribution in [0.5, 0.6) is 0 Å². The maximum atomic E-state index is 0. The average Bonchev–Trinajstić information content (AvgIpc) is 0. The van der Waals surface area contributed by atoms with Crippen LogP contribution < -0.4 is 0 Å². The van der Waals surface area contributed by atoms with Crippen molar-refractivity contribution >= 4 is 0 Å². The van der Waals surface area contributed by atoms with E-state index in [9.17, 15) is 0 Å². The fraction of sp³-hybridized carbons (Fsp3) is 0. The molecule has 5 heavy (non-hydrogen) atoms. The van der Waals surface area contributed by atoms with Crippen molar-refractivity contribution < 1.29 is 99.7 Å². The van der Waals surface area contributed by atoms with E-state index in [0.29, 0.717) is 0 Å². The van der Waals surface area contributed by atoms with Gasteiger partial charge >= 0.3 is 0 Å². The Hall–Kier alpha value is 3.19. The molecule has 0 fully saturated rings. The summed E-state index contributed by atoms with van der Waals surface area (Å²) >= 11 is 0. The van der Waals surface area contributed by atoms with Crippen LogP contribution >= 0.6 is 0 Å². The van der Waals surface area contributed by atoms with Crippen molar-refractivity contribution in [1.82, 2.24) is 0 Å². The molecule has 38 valence electrons. The van der Waals surface area contributed by atoms with Gasteiger partial charge in [-0.3, -0.25) is 0 Å². The summed E-state index contributed by atoms with van der Waals surface area (Å²) in [7, 11) is 0. The Morgan fingerprint density at radius 3 is 1.00 bits per heavy atom. The second-order valence-corrected chi connectivity index (χ2v) is 0. The third-order valence-corrected chi connectivity index (χ3v) is 0. The van der Waals surface area contributed by atoms with Crippen molar-refractivity contribution in [1.29, 1.82) is 0 Å². The van der Waals surface area contributed by atoms with Crippen molar-refractivity contribution in [2.45, 2.75) is 0 Å². The molecule has 0 atom stereocenters. The molecule has 0 heterocycles. The van der Waals surface area contributed by atoms with Crippen molar-refractivity contribution in [2.24, 2.45) is 0 Å². The third kappa shape index (κ3) is 19.0. The first kappa shape index (κ1) is 41.6. The van der Waals surface area contributed by atoms with Gasteiger partial charge in [0.2, 0.25) is 0 Å². The van der Waals surface area contributed by atoms with Crippen LogP contribution in [-0.4, -0.2) is 0 Å².